The van der Waals surface area contributed by atoms with Gasteiger partial charge in [0.1, 0.15) is 0 Å². The minimum absolute atomic E-state index is 0.0536. The highest BCUT2D eigenvalue weighted by Gasteiger charge is 2.35. The molecule has 1 saturated heterocycles. The van der Waals surface area contributed by atoms with Crippen LogP contribution in [0.15, 0.2) is 15.2 Å². The summed E-state index contributed by atoms with van der Waals surface area (Å²) in [6.45, 7) is 3.48. The SMILES string of the molecule is CN(Cc1csc(Br)c1)CC1(CO)CCOC1. The summed E-state index contributed by atoms with van der Waals surface area (Å²) in [5.74, 6) is 0. The predicted octanol–water partition coefficient (Wildman–Crippen LogP) is 2.34. The van der Waals surface area contributed by atoms with Gasteiger partial charge in [0, 0.05) is 25.1 Å². The molecule has 0 aliphatic carbocycles. The number of nitrogens with zero attached hydrogens (tertiary/aromatic N) is 1. The third kappa shape index (κ3) is 3.51. The first-order valence-electron chi connectivity index (χ1n) is 5.74. The monoisotopic (exact) mass is 319 g/mol. The molecule has 0 spiro atoms. The maximum absolute atomic E-state index is 9.52. The number of hydrogen-bond acceptors (Lipinski definition) is 4. The molecule has 3 nitrogen and oxygen atoms in total. The van der Waals surface area contributed by atoms with Crippen molar-refractivity contribution in [2.45, 2.75) is 13.0 Å². The molecule has 1 atom stereocenters. The van der Waals surface area contributed by atoms with Gasteiger partial charge in [-0.05, 0) is 46.4 Å². The molecule has 1 fully saturated rings. The lowest BCUT2D eigenvalue weighted by Gasteiger charge is -2.30. The van der Waals surface area contributed by atoms with Crippen molar-refractivity contribution in [2.24, 2.45) is 5.41 Å². The molecule has 1 unspecified atom stereocenters. The van der Waals surface area contributed by atoms with Crippen molar-refractivity contribution < 1.29 is 9.84 Å². The van der Waals surface area contributed by atoms with E-state index < -0.39 is 0 Å². The number of thiophene rings is 1. The molecule has 2 heterocycles. The van der Waals surface area contributed by atoms with Crippen LogP contribution in [0.25, 0.3) is 0 Å². The van der Waals surface area contributed by atoms with Crippen molar-refractivity contribution in [3.8, 4) is 0 Å². The lowest BCUT2D eigenvalue weighted by Crippen LogP contribution is -2.38. The summed E-state index contributed by atoms with van der Waals surface area (Å²) in [5, 5.41) is 11.7. The van der Waals surface area contributed by atoms with Gasteiger partial charge in [0.2, 0.25) is 0 Å². The van der Waals surface area contributed by atoms with E-state index in [1.54, 1.807) is 11.3 Å². The summed E-state index contributed by atoms with van der Waals surface area (Å²) in [4.78, 5) is 2.26. The summed E-state index contributed by atoms with van der Waals surface area (Å²) in [7, 11) is 2.10. The zero-order valence-corrected chi connectivity index (χ0v) is 12.4. The highest BCUT2D eigenvalue weighted by atomic mass is 79.9. The first-order valence-corrected chi connectivity index (χ1v) is 7.41. The predicted molar refractivity (Wildman–Crippen MR) is 73.3 cm³/mol. The van der Waals surface area contributed by atoms with Crippen LogP contribution in [0.2, 0.25) is 0 Å². The molecule has 0 bridgehead atoms. The molecule has 0 saturated carbocycles. The van der Waals surface area contributed by atoms with Crippen LogP contribution in [0.1, 0.15) is 12.0 Å². The molecule has 0 aromatic carbocycles. The first kappa shape index (κ1) is 13.5. The van der Waals surface area contributed by atoms with E-state index >= 15 is 0 Å². The van der Waals surface area contributed by atoms with Crippen LogP contribution in [0.5, 0.6) is 0 Å². The number of ether oxygens (including phenoxy) is 1. The Kier molecular flexibility index (Phi) is 4.60. The van der Waals surface area contributed by atoms with Crippen LogP contribution in [0.4, 0.5) is 0 Å². The maximum Gasteiger partial charge on any atom is 0.0701 e. The molecule has 1 aliphatic heterocycles. The van der Waals surface area contributed by atoms with Gasteiger partial charge >= 0.3 is 0 Å². The summed E-state index contributed by atoms with van der Waals surface area (Å²) < 4.78 is 6.58. The Morgan fingerprint density at radius 2 is 2.47 bits per heavy atom. The van der Waals surface area contributed by atoms with E-state index in [0.717, 1.165) is 26.1 Å². The van der Waals surface area contributed by atoms with Gasteiger partial charge in [-0.3, -0.25) is 0 Å². The van der Waals surface area contributed by atoms with Crippen LogP contribution in [0, 0.1) is 5.41 Å². The van der Waals surface area contributed by atoms with E-state index in [1.807, 2.05) is 0 Å². The third-order valence-electron chi connectivity index (χ3n) is 3.20. The van der Waals surface area contributed by atoms with Gasteiger partial charge in [-0.1, -0.05) is 0 Å². The van der Waals surface area contributed by atoms with E-state index in [9.17, 15) is 5.11 Å². The number of aliphatic hydroxyl groups is 1. The molecule has 17 heavy (non-hydrogen) atoms. The number of aliphatic hydroxyl groups excluding tert-OH is 1. The molecule has 1 aromatic rings. The van der Waals surface area contributed by atoms with Crippen molar-refractivity contribution in [1.29, 1.82) is 0 Å². The number of halogens is 1. The van der Waals surface area contributed by atoms with Gasteiger partial charge in [0.25, 0.3) is 0 Å². The molecular weight excluding hydrogens is 302 g/mol. The summed E-state index contributed by atoms with van der Waals surface area (Å²) in [6, 6.07) is 2.15. The lowest BCUT2D eigenvalue weighted by atomic mass is 9.88. The summed E-state index contributed by atoms with van der Waals surface area (Å²) >= 11 is 5.18. The van der Waals surface area contributed by atoms with Crippen molar-refractivity contribution in [3.63, 3.8) is 0 Å². The third-order valence-corrected chi connectivity index (χ3v) is 4.75. The lowest BCUT2D eigenvalue weighted by molar-refractivity contribution is 0.0625. The largest absolute Gasteiger partial charge is 0.396 e. The normalized spacial score (nSPS) is 24.7. The molecule has 1 aliphatic rings. The second-order valence-electron chi connectivity index (χ2n) is 4.89. The molecule has 0 amide bonds. The Bertz CT molecular complexity index is 363. The van der Waals surface area contributed by atoms with E-state index in [0.29, 0.717) is 6.61 Å². The van der Waals surface area contributed by atoms with Crippen molar-refractivity contribution in [1.82, 2.24) is 4.90 Å². The topological polar surface area (TPSA) is 32.7 Å². The second-order valence-corrected chi connectivity index (χ2v) is 7.18. The second kappa shape index (κ2) is 5.80. The fraction of sp³-hybridized carbons (Fsp3) is 0.667. The fourth-order valence-electron chi connectivity index (χ4n) is 2.32. The fourth-order valence-corrected chi connectivity index (χ4v) is 3.52. The van der Waals surface area contributed by atoms with Crippen LogP contribution in [-0.2, 0) is 11.3 Å². The molecule has 1 N–H and O–H groups in total. The standard InChI is InChI=1S/C12H18BrNO2S/c1-14(5-10-4-11(13)17-6-10)7-12(8-15)2-3-16-9-12/h4,6,15H,2-3,5,7-9H2,1H3. The van der Waals surface area contributed by atoms with Gasteiger partial charge in [0.05, 0.1) is 17.0 Å². The zero-order chi connectivity index (χ0) is 12.3. The van der Waals surface area contributed by atoms with Gasteiger partial charge < -0.3 is 14.7 Å². The van der Waals surface area contributed by atoms with Crippen LogP contribution in [0.3, 0.4) is 0 Å². The molecular formula is C12H18BrNO2S. The Morgan fingerprint density at radius 3 is 3.00 bits per heavy atom. The highest BCUT2D eigenvalue weighted by Crippen LogP contribution is 2.29. The van der Waals surface area contributed by atoms with E-state index in [1.165, 1.54) is 9.35 Å². The van der Waals surface area contributed by atoms with Crippen molar-refractivity contribution >= 4 is 27.3 Å². The minimum atomic E-state index is -0.0536. The average Bonchev–Trinajstić information content (AvgIpc) is 2.89. The molecule has 2 rings (SSSR count). The molecule has 5 heteroatoms. The van der Waals surface area contributed by atoms with Crippen molar-refractivity contribution in [3.05, 3.63) is 20.8 Å². The maximum atomic E-state index is 9.52. The molecule has 96 valence electrons. The van der Waals surface area contributed by atoms with Gasteiger partial charge in [-0.25, -0.2) is 0 Å². The Morgan fingerprint density at radius 1 is 1.65 bits per heavy atom. The zero-order valence-electron chi connectivity index (χ0n) is 9.99. The van der Waals surface area contributed by atoms with E-state index in [2.05, 4.69) is 39.3 Å². The number of rotatable bonds is 5. The van der Waals surface area contributed by atoms with Crippen LogP contribution >= 0.6 is 27.3 Å². The van der Waals surface area contributed by atoms with E-state index in [-0.39, 0.29) is 12.0 Å². The quantitative estimate of drug-likeness (QED) is 0.904. The molecule has 0 radical (unpaired) electrons. The average molecular weight is 320 g/mol. The Hall–Kier alpha value is 0.0600. The first-order chi connectivity index (χ1) is 8.13. The van der Waals surface area contributed by atoms with Crippen LogP contribution < -0.4 is 0 Å². The van der Waals surface area contributed by atoms with Crippen molar-refractivity contribution in [2.75, 3.05) is 33.4 Å². The Labute approximate surface area is 115 Å². The van der Waals surface area contributed by atoms with Crippen LogP contribution in [-0.4, -0.2) is 43.4 Å². The highest BCUT2D eigenvalue weighted by molar-refractivity contribution is 9.11. The number of hydrogen-bond donors (Lipinski definition) is 1. The Balaban J connectivity index is 1.90. The van der Waals surface area contributed by atoms with Gasteiger partial charge in [0.15, 0.2) is 0 Å². The van der Waals surface area contributed by atoms with Gasteiger partial charge in [-0.15, -0.1) is 11.3 Å². The van der Waals surface area contributed by atoms with E-state index in [4.69, 9.17) is 4.74 Å². The summed E-state index contributed by atoms with van der Waals surface area (Å²) in [6.07, 6.45) is 0.959. The molecule has 1 aromatic heterocycles. The van der Waals surface area contributed by atoms with Gasteiger partial charge in [-0.2, -0.15) is 0 Å². The smallest absolute Gasteiger partial charge is 0.0701 e. The summed E-state index contributed by atoms with van der Waals surface area (Å²) in [5.41, 5.74) is 1.26. The minimum Gasteiger partial charge on any atom is -0.396 e.